The lowest BCUT2D eigenvalue weighted by atomic mass is 10.3. The molecule has 0 aliphatic rings. The lowest BCUT2D eigenvalue weighted by molar-refractivity contribution is -0.138. The number of carboxylic acids is 1. The second kappa shape index (κ2) is 6.66. The number of nitrogens with one attached hydrogen (secondary N) is 2. The number of amides is 2. The maximum atomic E-state index is 11.8. The molecule has 1 rings (SSSR count). The molecular weight excluding hydrogens is 266 g/mol. The van der Waals surface area contributed by atoms with E-state index < -0.39 is 24.3 Å². The average molecular weight is 283 g/mol. The smallest absolute Gasteiger partial charge is 0.317 e. The summed E-state index contributed by atoms with van der Waals surface area (Å²) in [5.41, 5.74) is 6.87. The Bertz CT molecular complexity index is 489. The number of H-pyrrole nitrogens is 1. The second-order valence-electron chi connectivity index (χ2n) is 4.36. The summed E-state index contributed by atoms with van der Waals surface area (Å²) < 4.78 is 0. The number of anilines is 1. The molecule has 0 aromatic carbocycles. The number of aromatic amines is 1. The van der Waals surface area contributed by atoms with Crippen LogP contribution in [-0.2, 0) is 14.4 Å². The van der Waals surface area contributed by atoms with E-state index in [1.807, 2.05) is 0 Å². The fourth-order valence-corrected chi connectivity index (χ4v) is 1.70. The Hall–Kier alpha value is -2.42. The first-order chi connectivity index (χ1) is 9.29. The highest BCUT2D eigenvalue weighted by atomic mass is 16.4. The molecule has 0 unspecified atom stereocenters. The first kappa shape index (κ1) is 15.6. The van der Waals surface area contributed by atoms with Crippen LogP contribution < -0.4 is 11.1 Å². The first-order valence-corrected chi connectivity index (χ1v) is 5.83. The summed E-state index contributed by atoms with van der Waals surface area (Å²) in [4.78, 5) is 34.5. The van der Waals surface area contributed by atoms with E-state index in [1.54, 1.807) is 13.8 Å². The number of nitrogens with zero attached hydrogens (tertiary/aromatic N) is 2. The highest BCUT2D eigenvalue weighted by Crippen LogP contribution is 2.15. The van der Waals surface area contributed by atoms with E-state index in [-0.39, 0.29) is 13.1 Å². The molecule has 1 aromatic heterocycles. The summed E-state index contributed by atoms with van der Waals surface area (Å²) in [6, 6.07) is 0. The summed E-state index contributed by atoms with van der Waals surface area (Å²) in [5, 5.41) is 18.0. The van der Waals surface area contributed by atoms with Crippen LogP contribution in [0.15, 0.2) is 0 Å². The molecule has 0 fully saturated rings. The van der Waals surface area contributed by atoms with Crippen LogP contribution in [0.1, 0.15) is 11.4 Å². The number of primary amides is 1. The standard InChI is InChI=1S/C11H17N5O4/c1-6-11(7(2)15-14-6)13-9(18)4-16(3-8(12)17)5-10(19)20/h3-5H2,1-2H3,(H2,12,17)(H,13,18)(H,14,15)(H,19,20). The Morgan fingerprint density at radius 2 is 1.95 bits per heavy atom. The largest absolute Gasteiger partial charge is 0.480 e. The molecule has 0 bridgehead atoms. The topological polar surface area (TPSA) is 141 Å². The van der Waals surface area contributed by atoms with Gasteiger partial charge in [0.15, 0.2) is 0 Å². The third-order valence-corrected chi connectivity index (χ3v) is 2.50. The summed E-state index contributed by atoms with van der Waals surface area (Å²) in [7, 11) is 0. The number of aryl methyl sites for hydroxylation is 2. The van der Waals surface area contributed by atoms with Gasteiger partial charge in [-0.25, -0.2) is 0 Å². The number of carbonyl (C=O) groups is 3. The van der Waals surface area contributed by atoms with E-state index in [4.69, 9.17) is 10.8 Å². The average Bonchev–Trinajstić information content (AvgIpc) is 2.58. The van der Waals surface area contributed by atoms with Crippen molar-refractivity contribution in [2.45, 2.75) is 13.8 Å². The van der Waals surface area contributed by atoms with Gasteiger partial charge in [-0.3, -0.25) is 24.4 Å². The minimum absolute atomic E-state index is 0.251. The summed E-state index contributed by atoms with van der Waals surface area (Å²) in [6.07, 6.45) is 0. The molecule has 1 aromatic rings. The predicted molar refractivity (Wildman–Crippen MR) is 70.0 cm³/mol. The van der Waals surface area contributed by atoms with E-state index in [9.17, 15) is 14.4 Å². The van der Waals surface area contributed by atoms with Gasteiger partial charge in [-0.05, 0) is 13.8 Å². The molecule has 0 saturated heterocycles. The van der Waals surface area contributed by atoms with E-state index >= 15 is 0 Å². The minimum atomic E-state index is -1.14. The minimum Gasteiger partial charge on any atom is -0.480 e. The van der Waals surface area contributed by atoms with Crippen molar-refractivity contribution in [1.29, 1.82) is 0 Å². The van der Waals surface area contributed by atoms with Gasteiger partial charge in [-0.1, -0.05) is 0 Å². The van der Waals surface area contributed by atoms with Crippen molar-refractivity contribution < 1.29 is 19.5 Å². The first-order valence-electron chi connectivity index (χ1n) is 5.83. The zero-order chi connectivity index (χ0) is 15.3. The van der Waals surface area contributed by atoms with Crippen molar-refractivity contribution >= 4 is 23.5 Å². The van der Waals surface area contributed by atoms with Crippen molar-refractivity contribution in [2.24, 2.45) is 5.73 Å². The number of aliphatic carboxylic acids is 1. The second-order valence-corrected chi connectivity index (χ2v) is 4.36. The van der Waals surface area contributed by atoms with Crippen LogP contribution in [0.25, 0.3) is 0 Å². The fourth-order valence-electron chi connectivity index (χ4n) is 1.70. The molecular formula is C11H17N5O4. The number of carbonyl (C=O) groups excluding carboxylic acids is 2. The van der Waals surface area contributed by atoms with Crippen LogP contribution in [0.4, 0.5) is 5.69 Å². The Labute approximate surface area is 115 Å². The van der Waals surface area contributed by atoms with Gasteiger partial charge >= 0.3 is 5.97 Å². The van der Waals surface area contributed by atoms with Crippen molar-refractivity contribution in [1.82, 2.24) is 15.1 Å². The number of carboxylic acid groups (broad SMARTS) is 1. The molecule has 0 radical (unpaired) electrons. The maximum absolute atomic E-state index is 11.8. The van der Waals surface area contributed by atoms with Gasteiger partial charge in [0.2, 0.25) is 11.8 Å². The lowest BCUT2D eigenvalue weighted by Gasteiger charge is -2.17. The van der Waals surface area contributed by atoms with Gasteiger partial charge in [0.1, 0.15) is 0 Å². The number of hydrogen-bond acceptors (Lipinski definition) is 5. The zero-order valence-electron chi connectivity index (χ0n) is 11.3. The molecule has 1 heterocycles. The quantitative estimate of drug-likeness (QED) is 0.497. The monoisotopic (exact) mass is 283 g/mol. The number of aromatic nitrogens is 2. The summed E-state index contributed by atoms with van der Waals surface area (Å²) in [6.45, 7) is 2.47. The third-order valence-electron chi connectivity index (χ3n) is 2.50. The van der Waals surface area contributed by atoms with Gasteiger partial charge in [-0.15, -0.1) is 0 Å². The molecule has 0 saturated carbocycles. The van der Waals surface area contributed by atoms with Crippen molar-refractivity contribution in [3.05, 3.63) is 11.4 Å². The van der Waals surface area contributed by atoms with Crippen LogP contribution in [0.2, 0.25) is 0 Å². The van der Waals surface area contributed by atoms with Gasteiger partial charge in [0, 0.05) is 0 Å². The molecule has 0 aliphatic heterocycles. The van der Waals surface area contributed by atoms with E-state index in [1.165, 1.54) is 0 Å². The van der Waals surface area contributed by atoms with E-state index in [0.29, 0.717) is 17.1 Å². The van der Waals surface area contributed by atoms with Crippen LogP contribution in [-0.4, -0.2) is 57.6 Å². The Balaban J connectivity index is 2.66. The lowest BCUT2D eigenvalue weighted by Crippen LogP contribution is -2.42. The van der Waals surface area contributed by atoms with Crippen molar-refractivity contribution in [3.63, 3.8) is 0 Å². The van der Waals surface area contributed by atoms with Crippen molar-refractivity contribution in [3.8, 4) is 0 Å². The van der Waals surface area contributed by atoms with Gasteiger partial charge in [0.25, 0.3) is 0 Å². The SMILES string of the molecule is Cc1n[nH]c(C)c1NC(=O)CN(CC(N)=O)CC(=O)O. The normalized spacial score (nSPS) is 10.6. The number of rotatable bonds is 7. The third kappa shape index (κ3) is 4.69. The zero-order valence-corrected chi connectivity index (χ0v) is 11.3. The molecule has 0 aliphatic carbocycles. The predicted octanol–water partition coefficient (Wildman–Crippen LogP) is -1.16. The van der Waals surface area contributed by atoms with E-state index in [2.05, 4.69) is 15.5 Å². The van der Waals surface area contributed by atoms with E-state index in [0.717, 1.165) is 4.90 Å². The Morgan fingerprint density at radius 3 is 2.40 bits per heavy atom. The number of nitrogens with two attached hydrogens (primary N) is 1. The number of hydrogen-bond donors (Lipinski definition) is 4. The maximum Gasteiger partial charge on any atom is 0.317 e. The molecule has 110 valence electrons. The van der Waals surface area contributed by atoms with Crippen LogP contribution in [0.3, 0.4) is 0 Å². The van der Waals surface area contributed by atoms with Crippen molar-refractivity contribution in [2.75, 3.05) is 25.0 Å². The van der Waals surface area contributed by atoms with Crippen LogP contribution >= 0.6 is 0 Å². The molecule has 0 spiro atoms. The Kier molecular flexibility index (Phi) is 5.21. The molecule has 9 heteroatoms. The molecule has 2 amide bonds. The van der Waals surface area contributed by atoms with Crippen LogP contribution in [0.5, 0.6) is 0 Å². The summed E-state index contributed by atoms with van der Waals surface area (Å²) >= 11 is 0. The van der Waals surface area contributed by atoms with Crippen LogP contribution in [0, 0.1) is 13.8 Å². The van der Waals surface area contributed by atoms with Gasteiger partial charge < -0.3 is 16.2 Å². The van der Waals surface area contributed by atoms with Gasteiger partial charge in [-0.2, -0.15) is 5.10 Å². The molecule has 5 N–H and O–H groups in total. The molecule has 0 atom stereocenters. The fraction of sp³-hybridized carbons (Fsp3) is 0.455. The molecule has 20 heavy (non-hydrogen) atoms. The Morgan fingerprint density at radius 1 is 1.30 bits per heavy atom. The highest BCUT2D eigenvalue weighted by molar-refractivity contribution is 5.93. The highest BCUT2D eigenvalue weighted by Gasteiger charge is 2.17. The molecule has 9 nitrogen and oxygen atoms in total. The summed E-state index contributed by atoms with van der Waals surface area (Å²) in [5.74, 6) is -2.29. The van der Waals surface area contributed by atoms with Gasteiger partial charge in [0.05, 0.1) is 36.7 Å².